The van der Waals surface area contributed by atoms with Crippen LogP contribution in [0.2, 0.25) is 0 Å². The number of aryl methyl sites for hydroxylation is 1. The molecule has 3 nitrogen and oxygen atoms in total. The standard InChI is InChI=1S/C14H22N2O/c1-3-4-8-12(10-16-14(15)17)13-9-6-5-7-11(13)2/h5-7,9,12H,3-4,8,10H2,1-2H3,(H3,15,16,17). The van der Waals surface area contributed by atoms with Gasteiger partial charge in [-0.15, -0.1) is 0 Å². The maximum Gasteiger partial charge on any atom is 0.312 e. The minimum Gasteiger partial charge on any atom is -0.352 e. The van der Waals surface area contributed by atoms with Gasteiger partial charge in [-0.05, 0) is 24.5 Å². The first kappa shape index (κ1) is 13.6. The van der Waals surface area contributed by atoms with Crippen LogP contribution < -0.4 is 11.1 Å². The normalized spacial score (nSPS) is 12.1. The van der Waals surface area contributed by atoms with Gasteiger partial charge in [-0.3, -0.25) is 0 Å². The third kappa shape index (κ3) is 4.47. The summed E-state index contributed by atoms with van der Waals surface area (Å²) >= 11 is 0. The second kappa shape index (κ2) is 6.94. The molecule has 0 aromatic heterocycles. The molecule has 1 atom stereocenters. The van der Waals surface area contributed by atoms with Gasteiger partial charge in [0, 0.05) is 12.5 Å². The number of carbonyl (C=O) groups is 1. The molecule has 1 aromatic rings. The molecule has 0 saturated heterocycles. The summed E-state index contributed by atoms with van der Waals surface area (Å²) in [5.74, 6) is 0.364. The number of nitrogens with one attached hydrogen (secondary N) is 1. The molecule has 0 aliphatic rings. The SMILES string of the molecule is CCCCC(CNC(N)=O)c1ccccc1C. The summed E-state index contributed by atoms with van der Waals surface area (Å²) < 4.78 is 0. The van der Waals surface area contributed by atoms with Crippen molar-refractivity contribution in [2.24, 2.45) is 5.73 Å². The lowest BCUT2D eigenvalue weighted by molar-refractivity contribution is 0.248. The van der Waals surface area contributed by atoms with Crippen LogP contribution >= 0.6 is 0 Å². The van der Waals surface area contributed by atoms with Crippen LogP contribution in [0, 0.1) is 6.92 Å². The molecule has 1 unspecified atom stereocenters. The van der Waals surface area contributed by atoms with Gasteiger partial charge in [0.25, 0.3) is 0 Å². The van der Waals surface area contributed by atoms with Gasteiger partial charge >= 0.3 is 6.03 Å². The molecule has 0 saturated carbocycles. The molecule has 1 aromatic carbocycles. The van der Waals surface area contributed by atoms with Crippen LogP contribution in [0.5, 0.6) is 0 Å². The fourth-order valence-electron chi connectivity index (χ4n) is 2.09. The van der Waals surface area contributed by atoms with Gasteiger partial charge in [0.15, 0.2) is 0 Å². The van der Waals surface area contributed by atoms with E-state index in [4.69, 9.17) is 5.73 Å². The monoisotopic (exact) mass is 234 g/mol. The Hall–Kier alpha value is -1.51. The maximum absolute atomic E-state index is 10.8. The Labute approximate surface area is 103 Å². The lowest BCUT2D eigenvalue weighted by Crippen LogP contribution is -2.33. The van der Waals surface area contributed by atoms with Crippen molar-refractivity contribution in [3.8, 4) is 0 Å². The molecular formula is C14H22N2O. The Balaban J connectivity index is 2.74. The first-order valence-electron chi connectivity index (χ1n) is 6.24. The smallest absolute Gasteiger partial charge is 0.312 e. The molecule has 1 rings (SSSR count). The van der Waals surface area contributed by atoms with E-state index < -0.39 is 6.03 Å². The van der Waals surface area contributed by atoms with Crippen molar-refractivity contribution < 1.29 is 4.79 Å². The average Bonchev–Trinajstić information content (AvgIpc) is 2.30. The highest BCUT2D eigenvalue weighted by molar-refractivity contribution is 5.71. The van der Waals surface area contributed by atoms with Crippen molar-refractivity contribution in [2.45, 2.75) is 39.0 Å². The summed E-state index contributed by atoms with van der Waals surface area (Å²) in [6, 6.07) is 7.89. The fraction of sp³-hybridized carbons (Fsp3) is 0.500. The Morgan fingerprint density at radius 3 is 2.71 bits per heavy atom. The predicted molar refractivity (Wildman–Crippen MR) is 71.0 cm³/mol. The second-order valence-corrected chi connectivity index (χ2v) is 4.44. The third-order valence-corrected chi connectivity index (χ3v) is 3.06. The fourth-order valence-corrected chi connectivity index (χ4v) is 2.09. The highest BCUT2D eigenvalue weighted by Gasteiger charge is 2.13. The number of amides is 2. The van der Waals surface area contributed by atoms with E-state index >= 15 is 0 Å². The van der Waals surface area contributed by atoms with Gasteiger partial charge in [0.1, 0.15) is 0 Å². The zero-order valence-corrected chi connectivity index (χ0v) is 10.7. The van der Waals surface area contributed by atoms with E-state index in [9.17, 15) is 4.79 Å². The number of unbranched alkanes of at least 4 members (excludes halogenated alkanes) is 1. The van der Waals surface area contributed by atoms with E-state index in [0.717, 1.165) is 6.42 Å². The molecule has 17 heavy (non-hydrogen) atoms. The molecule has 0 fully saturated rings. The average molecular weight is 234 g/mol. The van der Waals surface area contributed by atoms with Crippen LogP contribution in [0.3, 0.4) is 0 Å². The number of primary amides is 1. The van der Waals surface area contributed by atoms with Crippen molar-refractivity contribution in [1.82, 2.24) is 5.32 Å². The minimum absolute atomic E-state index is 0.364. The molecule has 0 bridgehead atoms. The number of hydrogen-bond donors (Lipinski definition) is 2. The molecule has 0 aliphatic heterocycles. The molecule has 0 aliphatic carbocycles. The Morgan fingerprint density at radius 2 is 2.12 bits per heavy atom. The summed E-state index contributed by atoms with van der Waals surface area (Å²) in [5, 5.41) is 2.72. The molecule has 0 spiro atoms. The quantitative estimate of drug-likeness (QED) is 0.781. The molecule has 0 radical (unpaired) electrons. The van der Waals surface area contributed by atoms with Gasteiger partial charge in [-0.25, -0.2) is 4.79 Å². The van der Waals surface area contributed by atoms with Crippen molar-refractivity contribution in [3.05, 3.63) is 35.4 Å². The number of nitrogens with two attached hydrogens (primary N) is 1. The topological polar surface area (TPSA) is 55.1 Å². The van der Waals surface area contributed by atoms with Crippen molar-refractivity contribution in [1.29, 1.82) is 0 Å². The Bertz CT molecular complexity index is 363. The van der Waals surface area contributed by atoms with Crippen LogP contribution in [0.15, 0.2) is 24.3 Å². The molecule has 94 valence electrons. The van der Waals surface area contributed by atoms with E-state index in [2.05, 4.69) is 31.3 Å². The van der Waals surface area contributed by atoms with Crippen molar-refractivity contribution in [2.75, 3.05) is 6.54 Å². The van der Waals surface area contributed by atoms with E-state index in [1.165, 1.54) is 24.0 Å². The zero-order valence-electron chi connectivity index (χ0n) is 10.7. The lowest BCUT2D eigenvalue weighted by atomic mass is 9.90. The van der Waals surface area contributed by atoms with E-state index in [1.807, 2.05) is 12.1 Å². The third-order valence-electron chi connectivity index (χ3n) is 3.06. The highest BCUT2D eigenvalue weighted by Crippen LogP contribution is 2.24. The largest absolute Gasteiger partial charge is 0.352 e. The summed E-state index contributed by atoms with van der Waals surface area (Å²) in [7, 11) is 0. The van der Waals surface area contributed by atoms with Gasteiger partial charge in [-0.1, -0.05) is 44.0 Å². The zero-order chi connectivity index (χ0) is 12.7. The number of hydrogen-bond acceptors (Lipinski definition) is 1. The maximum atomic E-state index is 10.8. The molecule has 3 N–H and O–H groups in total. The molecule has 0 heterocycles. The molecule has 2 amide bonds. The van der Waals surface area contributed by atoms with Crippen LogP contribution in [0.1, 0.15) is 43.2 Å². The number of urea groups is 1. The molecule has 3 heteroatoms. The molecular weight excluding hydrogens is 212 g/mol. The van der Waals surface area contributed by atoms with Crippen LogP contribution in [-0.4, -0.2) is 12.6 Å². The second-order valence-electron chi connectivity index (χ2n) is 4.44. The van der Waals surface area contributed by atoms with Gasteiger partial charge in [-0.2, -0.15) is 0 Å². The lowest BCUT2D eigenvalue weighted by Gasteiger charge is -2.19. The van der Waals surface area contributed by atoms with Gasteiger partial charge < -0.3 is 11.1 Å². The van der Waals surface area contributed by atoms with E-state index in [-0.39, 0.29) is 0 Å². The minimum atomic E-state index is -0.444. The summed E-state index contributed by atoms with van der Waals surface area (Å²) in [6.45, 7) is 4.91. The summed E-state index contributed by atoms with van der Waals surface area (Å²) in [4.78, 5) is 10.8. The Morgan fingerprint density at radius 1 is 1.41 bits per heavy atom. The predicted octanol–water partition coefficient (Wildman–Crippen LogP) is 2.94. The van der Waals surface area contributed by atoms with Crippen molar-refractivity contribution in [3.63, 3.8) is 0 Å². The van der Waals surface area contributed by atoms with Crippen molar-refractivity contribution >= 4 is 6.03 Å². The van der Waals surface area contributed by atoms with E-state index in [0.29, 0.717) is 12.5 Å². The Kier molecular flexibility index (Phi) is 5.53. The summed E-state index contributed by atoms with van der Waals surface area (Å²) in [6.07, 6.45) is 3.42. The first-order chi connectivity index (χ1) is 8.15. The summed E-state index contributed by atoms with van der Waals surface area (Å²) in [5.41, 5.74) is 7.73. The number of rotatable bonds is 6. The van der Waals surface area contributed by atoms with E-state index in [1.54, 1.807) is 0 Å². The van der Waals surface area contributed by atoms with Crippen LogP contribution in [0.4, 0.5) is 4.79 Å². The highest BCUT2D eigenvalue weighted by atomic mass is 16.2. The van der Waals surface area contributed by atoms with Crippen LogP contribution in [-0.2, 0) is 0 Å². The van der Waals surface area contributed by atoms with Gasteiger partial charge in [0.2, 0.25) is 0 Å². The van der Waals surface area contributed by atoms with Gasteiger partial charge in [0.05, 0.1) is 0 Å². The number of carbonyl (C=O) groups excluding carboxylic acids is 1. The number of benzene rings is 1. The van der Waals surface area contributed by atoms with Crippen LogP contribution in [0.25, 0.3) is 0 Å². The first-order valence-corrected chi connectivity index (χ1v) is 6.24.